The normalized spacial score (nSPS) is 21.9. The summed E-state index contributed by atoms with van der Waals surface area (Å²) < 4.78 is 16.1. The molecule has 0 saturated carbocycles. The van der Waals surface area contributed by atoms with Gasteiger partial charge in [-0.3, -0.25) is 0 Å². The van der Waals surface area contributed by atoms with Gasteiger partial charge in [0.2, 0.25) is 0 Å². The minimum Gasteiger partial charge on any atom is -0.445 e. The zero-order chi connectivity index (χ0) is 15.9. The average Bonchev–Trinajstić information content (AvgIpc) is 2.55. The van der Waals surface area contributed by atoms with Crippen molar-refractivity contribution in [1.29, 1.82) is 0 Å². The monoisotopic (exact) mass is 307 g/mol. The molecule has 2 rings (SSSR count). The van der Waals surface area contributed by atoms with E-state index in [2.05, 4.69) is 0 Å². The van der Waals surface area contributed by atoms with Gasteiger partial charge < -0.3 is 19.1 Å². The number of carbonyl (C=O) groups excluding carboxylic acids is 1. The highest BCUT2D eigenvalue weighted by molar-refractivity contribution is 5.68. The van der Waals surface area contributed by atoms with Gasteiger partial charge in [-0.15, -0.1) is 0 Å². The highest BCUT2D eigenvalue weighted by atomic mass is 16.7. The van der Waals surface area contributed by atoms with E-state index in [1.807, 2.05) is 37.3 Å². The molecule has 1 aromatic rings. The number of methoxy groups -OCH3 is 2. The number of hydrogen-bond donors (Lipinski definition) is 0. The van der Waals surface area contributed by atoms with Crippen molar-refractivity contribution in [3.05, 3.63) is 35.9 Å². The topological polar surface area (TPSA) is 48.0 Å². The third-order valence-corrected chi connectivity index (χ3v) is 4.21. The number of likely N-dealkylation sites (tertiary alicyclic amines) is 1. The molecule has 0 unspecified atom stereocenters. The fourth-order valence-electron chi connectivity index (χ4n) is 3.01. The summed E-state index contributed by atoms with van der Waals surface area (Å²) in [6.07, 6.45) is 1.26. The molecule has 0 N–H and O–H groups in total. The zero-order valence-electron chi connectivity index (χ0n) is 13.5. The first kappa shape index (κ1) is 16.8. The summed E-state index contributed by atoms with van der Waals surface area (Å²) in [4.78, 5) is 14.0. The third-order valence-electron chi connectivity index (χ3n) is 4.21. The molecule has 1 aromatic carbocycles. The fourth-order valence-corrected chi connectivity index (χ4v) is 3.01. The first-order valence-corrected chi connectivity index (χ1v) is 7.68. The van der Waals surface area contributed by atoms with Crippen LogP contribution in [-0.4, -0.2) is 44.1 Å². The van der Waals surface area contributed by atoms with E-state index in [4.69, 9.17) is 14.2 Å². The second-order valence-electron chi connectivity index (χ2n) is 5.71. The molecule has 122 valence electrons. The summed E-state index contributed by atoms with van der Waals surface area (Å²) >= 11 is 0. The highest BCUT2D eigenvalue weighted by Crippen LogP contribution is 2.27. The van der Waals surface area contributed by atoms with Gasteiger partial charge in [-0.25, -0.2) is 4.79 Å². The Hall–Kier alpha value is -1.59. The number of nitrogens with zero attached hydrogens (tertiary/aromatic N) is 1. The van der Waals surface area contributed by atoms with Crippen LogP contribution in [0.25, 0.3) is 0 Å². The molecule has 5 heteroatoms. The van der Waals surface area contributed by atoms with Crippen LogP contribution in [0.2, 0.25) is 0 Å². The first-order valence-electron chi connectivity index (χ1n) is 7.68. The zero-order valence-corrected chi connectivity index (χ0v) is 13.5. The van der Waals surface area contributed by atoms with Crippen molar-refractivity contribution in [2.75, 3.05) is 20.8 Å². The van der Waals surface area contributed by atoms with Gasteiger partial charge in [0, 0.05) is 32.7 Å². The Kier molecular flexibility index (Phi) is 6.21. The molecule has 22 heavy (non-hydrogen) atoms. The van der Waals surface area contributed by atoms with Crippen LogP contribution in [0, 0.1) is 5.92 Å². The van der Waals surface area contributed by atoms with Crippen LogP contribution in [0.4, 0.5) is 4.79 Å². The molecule has 0 bridgehead atoms. The Morgan fingerprint density at radius 2 is 1.95 bits per heavy atom. The summed E-state index contributed by atoms with van der Waals surface area (Å²) in [6, 6.07) is 9.84. The van der Waals surface area contributed by atoms with Gasteiger partial charge in [0.15, 0.2) is 6.29 Å². The smallest absolute Gasteiger partial charge is 0.410 e. The minimum atomic E-state index is -0.249. The third kappa shape index (κ3) is 4.21. The number of hydrogen-bond acceptors (Lipinski definition) is 4. The molecule has 1 amide bonds. The van der Waals surface area contributed by atoms with E-state index in [9.17, 15) is 4.79 Å². The van der Waals surface area contributed by atoms with Crippen LogP contribution in [0.1, 0.15) is 25.3 Å². The molecular formula is C17H25NO4. The molecule has 5 nitrogen and oxygen atoms in total. The summed E-state index contributed by atoms with van der Waals surface area (Å²) in [7, 11) is 3.30. The molecule has 0 aliphatic carbocycles. The van der Waals surface area contributed by atoms with E-state index >= 15 is 0 Å². The van der Waals surface area contributed by atoms with Crippen LogP contribution in [0.5, 0.6) is 0 Å². The second kappa shape index (κ2) is 8.15. The van der Waals surface area contributed by atoms with Gasteiger partial charge >= 0.3 is 6.09 Å². The van der Waals surface area contributed by atoms with Gasteiger partial charge in [-0.2, -0.15) is 0 Å². The lowest BCUT2D eigenvalue weighted by Gasteiger charge is -2.38. The quantitative estimate of drug-likeness (QED) is 0.785. The molecule has 2 atom stereocenters. The maximum atomic E-state index is 12.2. The lowest BCUT2D eigenvalue weighted by Crippen LogP contribution is -2.47. The summed E-state index contributed by atoms with van der Waals surface area (Å²) in [5.41, 5.74) is 0.997. The van der Waals surface area contributed by atoms with E-state index in [0.717, 1.165) is 18.4 Å². The summed E-state index contributed by atoms with van der Waals surface area (Å²) in [5, 5.41) is 0. The minimum absolute atomic E-state index is 0.120. The van der Waals surface area contributed by atoms with E-state index in [1.165, 1.54) is 0 Å². The van der Waals surface area contributed by atoms with Crippen LogP contribution in [0.15, 0.2) is 30.3 Å². The number of amides is 1. The van der Waals surface area contributed by atoms with Crippen molar-refractivity contribution in [2.45, 2.75) is 38.7 Å². The average molecular weight is 307 g/mol. The Balaban J connectivity index is 1.84. The van der Waals surface area contributed by atoms with Crippen molar-refractivity contribution < 1.29 is 19.0 Å². The maximum Gasteiger partial charge on any atom is 0.410 e. The SMILES string of the molecule is COC(OC)[C@@H]1CCN(C(=O)OCc2ccccc2)[C@H](C)C1. The number of carbonyl (C=O) groups is 1. The lowest BCUT2D eigenvalue weighted by molar-refractivity contribution is -0.149. The largest absolute Gasteiger partial charge is 0.445 e. The molecule has 0 radical (unpaired) electrons. The number of benzene rings is 1. The summed E-state index contributed by atoms with van der Waals surface area (Å²) in [5.74, 6) is 0.308. The van der Waals surface area contributed by atoms with Crippen molar-refractivity contribution >= 4 is 6.09 Å². The Bertz CT molecular complexity index is 461. The number of piperidine rings is 1. The highest BCUT2D eigenvalue weighted by Gasteiger charge is 2.33. The molecule has 1 fully saturated rings. The molecule has 1 heterocycles. The number of rotatable bonds is 5. The fraction of sp³-hybridized carbons (Fsp3) is 0.588. The standard InChI is InChI=1S/C17H25NO4/c1-13-11-15(16(20-2)21-3)9-10-18(13)17(19)22-12-14-7-5-4-6-8-14/h4-8,13,15-16H,9-12H2,1-3H3/t13-,15-/m1/s1. The Morgan fingerprint density at radius 1 is 1.27 bits per heavy atom. The van der Waals surface area contributed by atoms with E-state index in [-0.39, 0.29) is 18.4 Å². The van der Waals surface area contributed by atoms with E-state index in [1.54, 1.807) is 19.1 Å². The Morgan fingerprint density at radius 3 is 2.55 bits per heavy atom. The van der Waals surface area contributed by atoms with Gasteiger partial charge in [0.05, 0.1) is 0 Å². The van der Waals surface area contributed by atoms with Gasteiger partial charge in [-0.05, 0) is 25.3 Å². The van der Waals surface area contributed by atoms with Gasteiger partial charge in [0.25, 0.3) is 0 Å². The maximum absolute atomic E-state index is 12.2. The molecule has 0 aromatic heterocycles. The lowest BCUT2D eigenvalue weighted by atomic mass is 9.91. The summed E-state index contributed by atoms with van der Waals surface area (Å²) in [6.45, 7) is 3.02. The number of ether oxygens (including phenoxy) is 3. The molecule has 1 aliphatic heterocycles. The van der Waals surface area contributed by atoms with Crippen LogP contribution in [0.3, 0.4) is 0 Å². The van der Waals surface area contributed by atoms with Crippen LogP contribution < -0.4 is 0 Å². The van der Waals surface area contributed by atoms with Gasteiger partial charge in [-0.1, -0.05) is 30.3 Å². The van der Waals surface area contributed by atoms with Crippen molar-refractivity contribution in [3.8, 4) is 0 Å². The predicted octanol–water partition coefficient (Wildman–Crippen LogP) is 3.04. The molecule has 0 spiro atoms. The first-order chi connectivity index (χ1) is 10.7. The van der Waals surface area contributed by atoms with Crippen molar-refractivity contribution in [2.24, 2.45) is 5.92 Å². The van der Waals surface area contributed by atoms with Crippen molar-refractivity contribution in [1.82, 2.24) is 4.90 Å². The molecular weight excluding hydrogens is 282 g/mol. The van der Waals surface area contributed by atoms with E-state index in [0.29, 0.717) is 19.1 Å². The molecule has 1 saturated heterocycles. The second-order valence-corrected chi connectivity index (χ2v) is 5.71. The van der Waals surface area contributed by atoms with Gasteiger partial charge in [0.1, 0.15) is 6.61 Å². The van der Waals surface area contributed by atoms with Crippen LogP contribution in [-0.2, 0) is 20.8 Å². The van der Waals surface area contributed by atoms with Crippen LogP contribution >= 0.6 is 0 Å². The van der Waals surface area contributed by atoms with E-state index < -0.39 is 0 Å². The Labute approximate surface area is 132 Å². The van der Waals surface area contributed by atoms with Crippen molar-refractivity contribution in [3.63, 3.8) is 0 Å². The predicted molar refractivity (Wildman–Crippen MR) is 83.3 cm³/mol. The molecule has 1 aliphatic rings.